The number of halogens is 2. The van der Waals surface area contributed by atoms with Gasteiger partial charge in [-0.2, -0.15) is 4.98 Å². The number of thiocarbonyl (C=S) groups is 1. The maximum Gasteiger partial charge on any atom is 0.269 e. The van der Waals surface area contributed by atoms with Crippen LogP contribution >= 0.6 is 47.2 Å². The molecule has 4 aromatic rings. The molecular formula is C26H17Cl2N3O3S2. The number of fused-ring (bicyclic) bond motifs is 1. The molecule has 1 aliphatic heterocycles. The van der Waals surface area contributed by atoms with E-state index in [2.05, 4.69) is 4.98 Å². The van der Waals surface area contributed by atoms with E-state index in [1.54, 1.807) is 41.4 Å². The fraction of sp³-hybridized carbons (Fsp3) is 0.0769. The molecule has 1 amide bonds. The first-order valence-corrected chi connectivity index (χ1v) is 12.8. The van der Waals surface area contributed by atoms with Crippen LogP contribution in [0.3, 0.4) is 0 Å². The summed E-state index contributed by atoms with van der Waals surface area (Å²) in [7, 11) is 0. The zero-order valence-corrected chi connectivity index (χ0v) is 21.7. The van der Waals surface area contributed by atoms with Gasteiger partial charge < -0.3 is 4.74 Å². The number of aromatic nitrogens is 2. The highest BCUT2D eigenvalue weighted by molar-refractivity contribution is 8.26. The average molecular weight is 554 g/mol. The highest BCUT2D eigenvalue weighted by Crippen LogP contribution is 2.36. The zero-order chi connectivity index (χ0) is 25.2. The summed E-state index contributed by atoms with van der Waals surface area (Å²) < 4.78 is 7.78. The number of carbonyl (C=O) groups excluding carboxylic acids is 1. The predicted molar refractivity (Wildman–Crippen MR) is 148 cm³/mol. The number of hydrogen-bond acceptors (Lipinski definition) is 6. The van der Waals surface area contributed by atoms with Crippen molar-refractivity contribution in [1.82, 2.24) is 14.3 Å². The van der Waals surface area contributed by atoms with Crippen molar-refractivity contribution in [3.05, 3.63) is 109 Å². The Morgan fingerprint density at radius 1 is 1.03 bits per heavy atom. The third-order valence-corrected chi connectivity index (χ3v) is 7.36. The normalized spacial score (nSPS) is 14.7. The largest absolute Gasteiger partial charge is 0.437 e. The van der Waals surface area contributed by atoms with Crippen LogP contribution in [0, 0.1) is 0 Å². The number of ether oxygens (including phenoxy) is 1. The zero-order valence-electron chi connectivity index (χ0n) is 18.6. The third-order valence-electron chi connectivity index (χ3n) is 5.45. The maximum absolute atomic E-state index is 13.4. The number of hydrogen-bond donors (Lipinski definition) is 0. The summed E-state index contributed by atoms with van der Waals surface area (Å²) >= 11 is 18.9. The summed E-state index contributed by atoms with van der Waals surface area (Å²) in [6, 6.07) is 19.8. The van der Waals surface area contributed by atoms with Gasteiger partial charge in [0.25, 0.3) is 11.5 Å². The first kappa shape index (κ1) is 24.5. The van der Waals surface area contributed by atoms with Crippen LogP contribution in [0.4, 0.5) is 0 Å². The Balaban J connectivity index is 1.52. The molecule has 10 heteroatoms. The van der Waals surface area contributed by atoms with Crippen LogP contribution in [-0.4, -0.2) is 31.1 Å². The molecule has 5 rings (SSSR count). The van der Waals surface area contributed by atoms with Gasteiger partial charge in [-0.15, -0.1) is 0 Å². The summed E-state index contributed by atoms with van der Waals surface area (Å²) in [5.74, 6) is 0.0252. The first-order valence-electron chi connectivity index (χ1n) is 10.8. The summed E-state index contributed by atoms with van der Waals surface area (Å²) in [6.07, 6.45) is 3.74. The molecule has 2 aromatic heterocycles. The van der Waals surface area contributed by atoms with E-state index in [1.807, 2.05) is 30.3 Å². The van der Waals surface area contributed by atoms with Crippen LogP contribution in [0.15, 0.2) is 82.6 Å². The van der Waals surface area contributed by atoms with Gasteiger partial charge in [-0.1, -0.05) is 83.6 Å². The molecule has 0 atom stereocenters. The van der Waals surface area contributed by atoms with Crippen LogP contribution in [-0.2, 0) is 11.2 Å². The lowest BCUT2D eigenvalue weighted by Gasteiger charge is -2.14. The van der Waals surface area contributed by atoms with Gasteiger partial charge in [0.05, 0.1) is 9.93 Å². The van der Waals surface area contributed by atoms with Gasteiger partial charge in [-0.3, -0.25) is 18.9 Å². The number of rotatable bonds is 6. The highest BCUT2D eigenvalue weighted by atomic mass is 35.5. The Morgan fingerprint density at radius 3 is 2.58 bits per heavy atom. The van der Waals surface area contributed by atoms with Crippen LogP contribution in [0.1, 0.15) is 11.1 Å². The lowest BCUT2D eigenvalue weighted by molar-refractivity contribution is -0.122. The van der Waals surface area contributed by atoms with Gasteiger partial charge in [-0.05, 0) is 48.4 Å². The molecule has 1 aliphatic rings. The van der Waals surface area contributed by atoms with Crippen LogP contribution in [0.25, 0.3) is 11.7 Å². The molecule has 0 N–H and O–H groups in total. The molecule has 0 spiro atoms. The Bertz CT molecular complexity index is 1590. The molecule has 0 unspecified atom stereocenters. The van der Waals surface area contributed by atoms with Crippen LogP contribution in [0.5, 0.6) is 11.6 Å². The maximum atomic E-state index is 13.4. The molecule has 0 aliphatic carbocycles. The monoisotopic (exact) mass is 553 g/mol. The van der Waals surface area contributed by atoms with E-state index in [9.17, 15) is 9.59 Å². The number of amides is 1. The standard InChI is InChI=1S/C26H17Cl2N3O3S2/c27-17-9-10-20(19(28)14-17)34-23-18(24(32)30-12-5-4-8-22(30)29-23)15-21-25(33)31(26(35)36-21)13-11-16-6-2-1-3-7-16/h1-10,12,14-15H,11,13H2/b21-15+. The van der Waals surface area contributed by atoms with Gasteiger partial charge in [0.15, 0.2) is 0 Å². The van der Waals surface area contributed by atoms with E-state index in [0.29, 0.717) is 32.9 Å². The minimum absolute atomic E-state index is 0.0185. The van der Waals surface area contributed by atoms with Crippen LogP contribution in [0.2, 0.25) is 10.0 Å². The molecule has 2 aromatic carbocycles. The smallest absolute Gasteiger partial charge is 0.269 e. The third kappa shape index (κ3) is 5.03. The molecule has 0 saturated carbocycles. The number of carbonyl (C=O) groups is 1. The Labute approximate surface area is 226 Å². The van der Waals surface area contributed by atoms with Crippen molar-refractivity contribution < 1.29 is 9.53 Å². The van der Waals surface area contributed by atoms with Gasteiger partial charge in [0.1, 0.15) is 21.3 Å². The number of pyridine rings is 1. The first-order chi connectivity index (χ1) is 17.4. The second-order valence-corrected chi connectivity index (χ2v) is 10.3. The number of benzene rings is 2. The molecule has 180 valence electrons. The lowest BCUT2D eigenvalue weighted by Crippen LogP contribution is -2.30. The SMILES string of the molecule is O=C1/C(=C\c2c(Oc3ccc(Cl)cc3Cl)nc3ccccn3c2=O)SC(=S)N1CCc1ccccc1. The fourth-order valence-corrected chi connectivity index (χ4v) is 5.39. The van der Waals surface area contributed by atoms with Crippen molar-refractivity contribution in [2.45, 2.75) is 6.42 Å². The van der Waals surface area contributed by atoms with E-state index in [1.165, 1.54) is 16.5 Å². The molecule has 1 saturated heterocycles. The van der Waals surface area contributed by atoms with E-state index in [4.69, 9.17) is 40.2 Å². The summed E-state index contributed by atoms with van der Waals surface area (Å²) in [4.78, 5) is 33.0. The summed E-state index contributed by atoms with van der Waals surface area (Å²) in [5.41, 5.74) is 1.20. The molecular weight excluding hydrogens is 537 g/mol. The second kappa shape index (κ2) is 10.4. The number of nitrogens with zero attached hydrogens (tertiary/aromatic N) is 3. The molecule has 36 heavy (non-hydrogen) atoms. The molecule has 1 fully saturated rings. The van der Waals surface area contributed by atoms with Gasteiger partial charge in [0.2, 0.25) is 5.88 Å². The van der Waals surface area contributed by atoms with E-state index in [-0.39, 0.29) is 28.1 Å². The van der Waals surface area contributed by atoms with E-state index < -0.39 is 5.56 Å². The predicted octanol–water partition coefficient (Wildman–Crippen LogP) is 6.24. The topological polar surface area (TPSA) is 63.9 Å². The van der Waals surface area contributed by atoms with Gasteiger partial charge in [-0.25, -0.2) is 0 Å². The molecule has 0 radical (unpaired) electrons. The van der Waals surface area contributed by atoms with Crippen molar-refractivity contribution in [1.29, 1.82) is 0 Å². The quantitative estimate of drug-likeness (QED) is 0.208. The number of thioether (sulfide) groups is 1. The highest BCUT2D eigenvalue weighted by Gasteiger charge is 2.32. The second-order valence-electron chi connectivity index (χ2n) is 7.81. The van der Waals surface area contributed by atoms with E-state index in [0.717, 1.165) is 17.3 Å². The van der Waals surface area contributed by atoms with E-state index >= 15 is 0 Å². The van der Waals surface area contributed by atoms with Crippen molar-refractivity contribution >= 4 is 69.1 Å². The van der Waals surface area contributed by atoms with Crippen molar-refractivity contribution in [3.63, 3.8) is 0 Å². The van der Waals surface area contributed by atoms with Gasteiger partial charge in [0, 0.05) is 17.8 Å². The Hall–Kier alpha value is -3.17. The fourth-order valence-electron chi connectivity index (χ4n) is 3.66. The van der Waals surface area contributed by atoms with Crippen molar-refractivity contribution in [2.75, 3.05) is 6.54 Å². The summed E-state index contributed by atoms with van der Waals surface area (Å²) in [5, 5.41) is 0.703. The lowest BCUT2D eigenvalue weighted by atomic mass is 10.1. The van der Waals surface area contributed by atoms with Crippen LogP contribution < -0.4 is 10.3 Å². The molecule has 3 heterocycles. The minimum Gasteiger partial charge on any atom is -0.437 e. The van der Waals surface area contributed by atoms with Crippen molar-refractivity contribution in [3.8, 4) is 11.6 Å². The molecule has 0 bridgehead atoms. The minimum atomic E-state index is -0.393. The average Bonchev–Trinajstić information content (AvgIpc) is 3.14. The van der Waals surface area contributed by atoms with Crippen molar-refractivity contribution in [2.24, 2.45) is 0 Å². The van der Waals surface area contributed by atoms with Gasteiger partial charge >= 0.3 is 0 Å². The summed E-state index contributed by atoms with van der Waals surface area (Å²) in [6.45, 7) is 0.435. The molecule has 6 nitrogen and oxygen atoms in total. The Kier molecular flexibility index (Phi) is 7.11. The Morgan fingerprint density at radius 2 is 1.81 bits per heavy atom.